The fourth-order valence-electron chi connectivity index (χ4n) is 2.91. The number of nitrogens with one attached hydrogen (secondary N) is 1. The standard InChI is InChI=1S/C20H22ClN3O2/c1-3-26-11-5-10-22-20(25)15-8-9-19-18(12-15)23-14(2)24(19)17-7-4-6-16(21)13-17/h4,6-9,12-13H,3,5,10-11H2,1-2H3,(H,22,25). The number of carbonyl (C=O) groups excluding carboxylic acids is 1. The molecule has 0 atom stereocenters. The van der Waals surface area contributed by atoms with Crippen LogP contribution >= 0.6 is 11.6 Å². The minimum atomic E-state index is -0.0987. The molecule has 136 valence electrons. The Morgan fingerprint density at radius 1 is 1.27 bits per heavy atom. The molecule has 0 spiro atoms. The van der Waals surface area contributed by atoms with E-state index in [1.165, 1.54) is 0 Å². The van der Waals surface area contributed by atoms with Crippen molar-refractivity contribution in [3.05, 3.63) is 58.9 Å². The second-order valence-corrected chi connectivity index (χ2v) is 6.42. The number of ether oxygens (including phenoxy) is 1. The smallest absolute Gasteiger partial charge is 0.251 e. The van der Waals surface area contributed by atoms with Crippen molar-refractivity contribution in [1.82, 2.24) is 14.9 Å². The lowest BCUT2D eigenvalue weighted by Gasteiger charge is -2.08. The van der Waals surface area contributed by atoms with Crippen molar-refractivity contribution in [1.29, 1.82) is 0 Å². The molecule has 5 nitrogen and oxygen atoms in total. The van der Waals surface area contributed by atoms with E-state index in [-0.39, 0.29) is 5.91 Å². The van der Waals surface area contributed by atoms with E-state index in [9.17, 15) is 4.79 Å². The zero-order valence-electron chi connectivity index (χ0n) is 15.0. The normalized spacial score (nSPS) is 11.0. The first kappa shape index (κ1) is 18.4. The molecule has 1 amide bonds. The minimum absolute atomic E-state index is 0.0987. The summed E-state index contributed by atoms with van der Waals surface area (Å²) in [6.07, 6.45) is 0.796. The maximum atomic E-state index is 12.3. The minimum Gasteiger partial charge on any atom is -0.382 e. The third kappa shape index (κ3) is 4.06. The Hall–Kier alpha value is -2.37. The average molecular weight is 372 g/mol. The molecule has 2 aromatic carbocycles. The number of hydrogen-bond acceptors (Lipinski definition) is 3. The number of imidazole rings is 1. The van der Waals surface area contributed by atoms with Gasteiger partial charge < -0.3 is 10.1 Å². The molecule has 1 N–H and O–H groups in total. The highest BCUT2D eigenvalue weighted by Crippen LogP contribution is 2.24. The van der Waals surface area contributed by atoms with Crippen molar-refractivity contribution in [2.24, 2.45) is 0 Å². The van der Waals surface area contributed by atoms with Crippen LogP contribution in [0, 0.1) is 6.92 Å². The summed E-state index contributed by atoms with van der Waals surface area (Å²) in [6, 6.07) is 13.2. The van der Waals surface area contributed by atoms with Crippen LogP contribution in [-0.2, 0) is 4.74 Å². The summed E-state index contributed by atoms with van der Waals surface area (Å²) in [7, 11) is 0. The lowest BCUT2D eigenvalue weighted by Crippen LogP contribution is -2.25. The highest BCUT2D eigenvalue weighted by atomic mass is 35.5. The maximum absolute atomic E-state index is 12.3. The van der Waals surface area contributed by atoms with Crippen molar-refractivity contribution in [2.45, 2.75) is 20.3 Å². The number of carbonyl (C=O) groups is 1. The Bertz CT molecular complexity index is 921. The summed E-state index contributed by atoms with van der Waals surface area (Å²) in [6.45, 7) is 5.83. The van der Waals surface area contributed by atoms with E-state index in [4.69, 9.17) is 16.3 Å². The summed E-state index contributed by atoms with van der Waals surface area (Å²) in [5.74, 6) is 0.745. The van der Waals surface area contributed by atoms with Crippen LogP contribution in [0.15, 0.2) is 42.5 Å². The molecule has 0 aliphatic heterocycles. The van der Waals surface area contributed by atoms with Gasteiger partial charge in [0.1, 0.15) is 5.82 Å². The second-order valence-electron chi connectivity index (χ2n) is 5.98. The molecule has 0 saturated carbocycles. The van der Waals surface area contributed by atoms with Gasteiger partial charge in [-0.25, -0.2) is 4.98 Å². The van der Waals surface area contributed by atoms with Gasteiger partial charge in [0, 0.05) is 36.0 Å². The predicted octanol–water partition coefficient (Wildman–Crippen LogP) is 4.14. The van der Waals surface area contributed by atoms with Gasteiger partial charge in [-0.3, -0.25) is 9.36 Å². The Morgan fingerprint density at radius 3 is 2.88 bits per heavy atom. The number of hydrogen-bond donors (Lipinski definition) is 1. The number of rotatable bonds is 7. The third-order valence-electron chi connectivity index (χ3n) is 4.11. The summed E-state index contributed by atoms with van der Waals surface area (Å²) in [4.78, 5) is 16.9. The van der Waals surface area contributed by atoms with E-state index in [1.54, 1.807) is 0 Å². The van der Waals surface area contributed by atoms with Crippen molar-refractivity contribution in [3.63, 3.8) is 0 Å². The van der Waals surface area contributed by atoms with Crippen molar-refractivity contribution in [3.8, 4) is 5.69 Å². The predicted molar refractivity (Wildman–Crippen MR) is 104 cm³/mol. The van der Waals surface area contributed by atoms with Crippen LogP contribution < -0.4 is 5.32 Å². The van der Waals surface area contributed by atoms with E-state index in [0.717, 1.165) is 29.0 Å². The highest BCUT2D eigenvalue weighted by Gasteiger charge is 2.12. The molecule has 1 heterocycles. The lowest BCUT2D eigenvalue weighted by atomic mass is 10.2. The molecule has 26 heavy (non-hydrogen) atoms. The molecule has 0 fully saturated rings. The molecular formula is C20H22ClN3O2. The molecule has 1 aromatic heterocycles. The summed E-state index contributed by atoms with van der Waals surface area (Å²) in [5.41, 5.74) is 3.28. The molecule has 3 rings (SSSR count). The van der Waals surface area contributed by atoms with Gasteiger partial charge in [0.25, 0.3) is 5.91 Å². The largest absolute Gasteiger partial charge is 0.382 e. The van der Waals surface area contributed by atoms with Gasteiger partial charge in [0.05, 0.1) is 11.0 Å². The van der Waals surface area contributed by atoms with E-state index in [0.29, 0.717) is 30.3 Å². The van der Waals surface area contributed by atoms with Crippen LogP contribution in [-0.4, -0.2) is 35.2 Å². The van der Waals surface area contributed by atoms with Crippen LogP contribution in [0.4, 0.5) is 0 Å². The van der Waals surface area contributed by atoms with E-state index in [2.05, 4.69) is 10.3 Å². The van der Waals surface area contributed by atoms with Gasteiger partial charge in [-0.05, 0) is 56.7 Å². The third-order valence-corrected chi connectivity index (χ3v) is 4.34. The molecule has 0 radical (unpaired) electrons. The maximum Gasteiger partial charge on any atom is 0.251 e. The first-order valence-electron chi connectivity index (χ1n) is 8.71. The molecule has 6 heteroatoms. The van der Waals surface area contributed by atoms with Gasteiger partial charge in [0.2, 0.25) is 0 Å². The van der Waals surface area contributed by atoms with E-state index in [1.807, 2.05) is 60.9 Å². The molecule has 3 aromatic rings. The van der Waals surface area contributed by atoms with Crippen LogP contribution in [0.3, 0.4) is 0 Å². The van der Waals surface area contributed by atoms with Gasteiger partial charge >= 0.3 is 0 Å². The average Bonchev–Trinajstić information content (AvgIpc) is 2.96. The zero-order chi connectivity index (χ0) is 18.5. The SMILES string of the molecule is CCOCCCNC(=O)c1ccc2c(c1)nc(C)n2-c1cccc(Cl)c1. The number of halogens is 1. The number of benzene rings is 2. The number of nitrogens with zero attached hydrogens (tertiary/aromatic N) is 2. The van der Waals surface area contributed by atoms with Gasteiger partial charge in [-0.15, -0.1) is 0 Å². The second kappa shape index (κ2) is 8.34. The highest BCUT2D eigenvalue weighted by molar-refractivity contribution is 6.30. The molecule has 0 saturated heterocycles. The topological polar surface area (TPSA) is 56.1 Å². The Morgan fingerprint density at radius 2 is 2.12 bits per heavy atom. The van der Waals surface area contributed by atoms with Crippen LogP contribution in [0.25, 0.3) is 16.7 Å². The number of fused-ring (bicyclic) bond motifs is 1. The number of aryl methyl sites for hydroxylation is 1. The molecular weight excluding hydrogens is 350 g/mol. The van der Waals surface area contributed by atoms with Crippen LogP contribution in [0.5, 0.6) is 0 Å². The monoisotopic (exact) mass is 371 g/mol. The molecule has 0 aliphatic rings. The fraction of sp³-hybridized carbons (Fsp3) is 0.300. The van der Waals surface area contributed by atoms with E-state index < -0.39 is 0 Å². The quantitative estimate of drug-likeness (QED) is 0.635. The van der Waals surface area contributed by atoms with Gasteiger partial charge in [0.15, 0.2) is 0 Å². The lowest BCUT2D eigenvalue weighted by molar-refractivity contribution is 0.0944. The molecule has 0 aliphatic carbocycles. The summed E-state index contributed by atoms with van der Waals surface area (Å²) >= 11 is 6.12. The number of aromatic nitrogens is 2. The summed E-state index contributed by atoms with van der Waals surface area (Å²) < 4.78 is 7.30. The molecule has 0 unspecified atom stereocenters. The zero-order valence-corrected chi connectivity index (χ0v) is 15.7. The Balaban J connectivity index is 1.81. The van der Waals surface area contributed by atoms with Crippen molar-refractivity contribution < 1.29 is 9.53 Å². The van der Waals surface area contributed by atoms with Crippen LogP contribution in [0.1, 0.15) is 29.5 Å². The molecule has 0 bridgehead atoms. The van der Waals surface area contributed by atoms with Crippen LogP contribution in [0.2, 0.25) is 5.02 Å². The van der Waals surface area contributed by atoms with Crippen molar-refractivity contribution >= 4 is 28.5 Å². The number of amides is 1. The fourth-order valence-corrected chi connectivity index (χ4v) is 3.09. The van der Waals surface area contributed by atoms with Crippen molar-refractivity contribution in [2.75, 3.05) is 19.8 Å². The van der Waals surface area contributed by atoms with Gasteiger partial charge in [-0.2, -0.15) is 0 Å². The Kier molecular flexibility index (Phi) is 5.91. The first-order valence-corrected chi connectivity index (χ1v) is 9.09. The Labute approximate surface area is 157 Å². The van der Waals surface area contributed by atoms with E-state index >= 15 is 0 Å². The first-order chi connectivity index (χ1) is 12.6. The summed E-state index contributed by atoms with van der Waals surface area (Å²) in [5, 5.41) is 3.59. The van der Waals surface area contributed by atoms with Gasteiger partial charge in [-0.1, -0.05) is 17.7 Å².